The van der Waals surface area contributed by atoms with Crippen molar-refractivity contribution in [2.45, 2.75) is 0 Å². The number of morpholine rings is 1. The van der Waals surface area contributed by atoms with E-state index < -0.39 is 5.91 Å². The highest BCUT2D eigenvalue weighted by molar-refractivity contribution is 6.40. The molecule has 0 spiro atoms. The quantitative estimate of drug-likeness (QED) is 0.514. The van der Waals surface area contributed by atoms with E-state index in [0.29, 0.717) is 54.7 Å². The Kier molecular flexibility index (Phi) is 6.72. The number of nitrogens with one attached hydrogen (secondary N) is 2. The maximum Gasteiger partial charge on any atom is 0.258 e. The highest BCUT2D eigenvalue weighted by atomic mass is 35.5. The van der Waals surface area contributed by atoms with Crippen molar-refractivity contribution in [3.05, 3.63) is 63.4 Å². The molecule has 0 radical (unpaired) electrons. The Bertz CT molecular complexity index is 1090. The third-order valence-corrected chi connectivity index (χ3v) is 5.26. The van der Waals surface area contributed by atoms with Gasteiger partial charge in [0.05, 0.1) is 28.8 Å². The van der Waals surface area contributed by atoms with Crippen molar-refractivity contribution < 1.29 is 9.53 Å². The Hall–Kier alpha value is -2.65. The number of nitrogens with zero attached hydrogens (tertiary/aromatic N) is 4. The zero-order valence-corrected chi connectivity index (χ0v) is 18.4. The van der Waals surface area contributed by atoms with Crippen LogP contribution in [0, 0.1) is 0 Å². The lowest BCUT2D eigenvalue weighted by Gasteiger charge is -2.27. The van der Waals surface area contributed by atoms with E-state index in [1.165, 1.54) is 0 Å². The van der Waals surface area contributed by atoms with Crippen LogP contribution in [-0.4, -0.2) is 47.2 Å². The van der Waals surface area contributed by atoms with Gasteiger partial charge in [-0.1, -0.05) is 40.9 Å². The Morgan fingerprint density at radius 3 is 2.48 bits per heavy atom. The molecule has 3 aromatic rings. The number of anilines is 4. The van der Waals surface area contributed by atoms with Crippen LogP contribution in [-0.2, 0) is 4.74 Å². The highest BCUT2D eigenvalue weighted by Crippen LogP contribution is 2.26. The first-order chi connectivity index (χ1) is 15.0. The summed E-state index contributed by atoms with van der Waals surface area (Å²) in [6.45, 7) is 2.59. The molecule has 1 aliphatic rings. The van der Waals surface area contributed by atoms with Crippen molar-refractivity contribution in [1.29, 1.82) is 0 Å². The number of aromatic nitrogens is 3. The Morgan fingerprint density at radius 2 is 1.74 bits per heavy atom. The molecule has 31 heavy (non-hydrogen) atoms. The zero-order valence-electron chi connectivity index (χ0n) is 16.1. The molecule has 0 saturated carbocycles. The average molecular weight is 480 g/mol. The van der Waals surface area contributed by atoms with Crippen molar-refractivity contribution in [2.24, 2.45) is 0 Å². The fraction of sp³-hybridized carbons (Fsp3) is 0.200. The number of carbonyl (C=O) groups excluding carboxylic acids is 1. The fourth-order valence-corrected chi connectivity index (χ4v) is 3.74. The van der Waals surface area contributed by atoms with Crippen LogP contribution in [0.5, 0.6) is 0 Å². The molecule has 0 bridgehead atoms. The molecule has 0 atom stereocenters. The van der Waals surface area contributed by atoms with Gasteiger partial charge in [0.2, 0.25) is 5.95 Å². The lowest BCUT2D eigenvalue weighted by Crippen LogP contribution is -2.37. The lowest BCUT2D eigenvalue weighted by molar-refractivity contribution is 0.102. The second-order valence-corrected chi connectivity index (χ2v) is 7.78. The molecule has 1 aromatic carbocycles. The number of ether oxygens (including phenoxy) is 1. The van der Waals surface area contributed by atoms with Gasteiger partial charge in [0, 0.05) is 37.1 Å². The Labute approximate surface area is 193 Å². The van der Waals surface area contributed by atoms with Crippen LogP contribution >= 0.6 is 34.8 Å². The summed E-state index contributed by atoms with van der Waals surface area (Å²) in [5.74, 6) is 1.03. The number of hydrogen-bond donors (Lipinski definition) is 2. The number of benzene rings is 1. The number of hydrogen-bond acceptors (Lipinski definition) is 7. The summed E-state index contributed by atoms with van der Waals surface area (Å²) in [7, 11) is 0. The predicted octanol–water partition coefficient (Wildman–Crippen LogP) is 4.66. The van der Waals surface area contributed by atoms with Gasteiger partial charge < -0.3 is 20.3 Å². The second kappa shape index (κ2) is 9.65. The predicted molar refractivity (Wildman–Crippen MR) is 122 cm³/mol. The van der Waals surface area contributed by atoms with E-state index >= 15 is 0 Å². The summed E-state index contributed by atoms with van der Waals surface area (Å²) in [6.07, 6.45) is 1.55. The summed E-state index contributed by atoms with van der Waals surface area (Å²) in [5.41, 5.74) is 0.710. The van der Waals surface area contributed by atoms with E-state index in [1.54, 1.807) is 42.6 Å². The van der Waals surface area contributed by atoms with Crippen LogP contribution < -0.4 is 15.5 Å². The van der Waals surface area contributed by atoms with Gasteiger partial charge >= 0.3 is 0 Å². The zero-order chi connectivity index (χ0) is 21.8. The molecule has 2 N–H and O–H groups in total. The monoisotopic (exact) mass is 478 g/mol. The molecule has 11 heteroatoms. The maximum absolute atomic E-state index is 12.6. The molecule has 1 saturated heterocycles. The first-order valence-corrected chi connectivity index (χ1v) is 10.5. The summed E-state index contributed by atoms with van der Waals surface area (Å²) in [5, 5.41) is 6.70. The number of pyridine rings is 1. The summed E-state index contributed by atoms with van der Waals surface area (Å²) >= 11 is 18.4. The molecule has 1 aliphatic heterocycles. The van der Waals surface area contributed by atoms with Crippen molar-refractivity contribution >= 4 is 64.0 Å². The standard InChI is InChI=1S/C20H17Cl3N6O2/c21-13-2-1-3-14(22)18(13)19(30)25-12-4-5-24-16(10-12)27-17-11-15(23)26-20(28-17)29-6-8-31-9-7-29/h1-5,10-11H,6-9H2,(H2,24,25,26,27,28,30). The lowest BCUT2D eigenvalue weighted by atomic mass is 10.2. The van der Waals surface area contributed by atoms with Crippen LogP contribution in [0.4, 0.5) is 23.3 Å². The van der Waals surface area contributed by atoms with Gasteiger partial charge in [-0.05, 0) is 18.2 Å². The molecule has 4 rings (SSSR count). The average Bonchev–Trinajstić information content (AvgIpc) is 2.74. The van der Waals surface area contributed by atoms with E-state index in [0.717, 1.165) is 0 Å². The third-order valence-electron chi connectivity index (χ3n) is 4.44. The van der Waals surface area contributed by atoms with E-state index in [9.17, 15) is 4.79 Å². The van der Waals surface area contributed by atoms with E-state index in [-0.39, 0.29) is 15.6 Å². The van der Waals surface area contributed by atoms with Gasteiger partial charge in [-0.15, -0.1) is 0 Å². The normalized spacial score (nSPS) is 13.7. The van der Waals surface area contributed by atoms with Gasteiger partial charge in [-0.2, -0.15) is 4.98 Å². The minimum Gasteiger partial charge on any atom is -0.378 e. The topological polar surface area (TPSA) is 92.3 Å². The molecule has 1 fully saturated rings. The van der Waals surface area contributed by atoms with Crippen LogP contribution in [0.25, 0.3) is 0 Å². The van der Waals surface area contributed by atoms with Gasteiger partial charge in [0.25, 0.3) is 5.91 Å². The third kappa shape index (κ3) is 5.34. The maximum atomic E-state index is 12.6. The van der Waals surface area contributed by atoms with Gasteiger partial charge in [-0.25, -0.2) is 9.97 Å². The molecule has 3 heterocycles. The number of carbonyl (C=O) groups is 1. The summed E-state index contributed by atoms with van der Waals surface area (Å²) in [4.78, 5) is 27.7. The van der Waals surface area contributed by atoms with Gasteiger partial charge in [0.15, 0.2) is 0 Å². The molecule has 2 aromatic heterocycles. The second-order valence-electron chi connectivity index (χ2n) is 6.58. The van der Waals surface area contributed by atoms with Crippen molar-refractivity contribution in [3.63, 3.8) is 0 Å². The van der Waals surface area contributed by atoms with Crippen molar-refractivity contribution in [2.75, 3.05) is 41.8 Å². The SMILES string of the molecule is O=C(Nc1ccnc(Nc2cc(Cl)nc(N3CCOCC3)n2)c1)c1c(Cl)cccc1Cl. The van der Waals surface area contributed by atoms with E-state index in [2.05, 4.69) is 25.6 Å². The van der Waals surface area contributed by atoms with Crippen LogP contribution in [0.3, 0.4) is 0 Å². The number of amides is 1. The van der Waals surface area contributed by atoms with E-state index in [4.69, 9.17) is 39.5 Å². The summed E-state index contributed by atoms with van der Waals surface area (Å²) < 4.78 is 5.36. The number of halogens is 3. The minimum atomic E-state index is -0.424. The Balaban J connectivity index is 1.51. The van der Waals surface area contributed by atoms with Crippen LogP contribution in [0.2, 0.25) is 15.2 Å². The molecule has 0 unspecified atom stereocenters. The van der Waals surface area contributed by atoms with Gasteiger partial charge in [0.1, 0.15) is 16.8 Å². The van der Waals surface area contributed by atoms with E-state index in [1.807, 2.05) is 4.90 Å². The summed E-state index contributed by atoms with van der Waals surface area (Å²) in [6, 6.07) is 9.79. The first kappa shape index (κ1) is 21.6. The molecule has 1 amide bonds. The minimum absolute atomic E-state index is 0.204. The molecule has 8 nitrogen and oxygen atoms in total. The van der Waals surface area contributed by atoms with Crippen LogP contribution in [0.1, 0.15) is 10.4 Å². The van der Waals surface area contributed by atoms with Crippen molar-refractivity contribution in [1.82, 2.24) is 15.0 Å². The molecular formula is C20H17Cl3N6O2. The van der Waals surface area contributed by atoms with Crippen molar-refractivity contribution in [3.8, 4) is 0 Å². The fourth-order valence-electron chi connectivity index (χ4n) is 2.99. The first-order valence-electron chi connectivity index (χ1n) is 9.35. The molecule has 0 aliphatic carbocycles. The van der Waals surface area contributed by atoms with Gasteiger partial charge in [-0.3, -0.25) is 4.79 Å². The Morgan fingerprint density at radius 1 is 1.00 bits per heavy atom. The number of rotatable bonds is 5. The smallest absolute Gasteiger partial charge is 0.258 e. The molecule has 160 valence electrons. The van der Waals surface area contributed by atoms with Crippen LogP contribution in [0.15, 0.2) is 42.6 Å². The highest BCUT2D eigenvalue weighted by Gasteiger charge is 2.17. The largest absolute Gasteiger partial charge is 0.378 e. The molecular weight excluding hydrogens is 463 g/mol.